The maximum atomic E-state index is 6.25. The van der Waals surface area contributed by atoms with E-state index in [1.54, 1.807) is 0 Å². The monoisotopic (exact) mass is 481 g/mol. The second kappa shape index (κ2) is 8.97. The maximum absolute atomic E-state index is 6.25. The largest absolute Gasteiger partial charge is 0.455 e. The molecule has 0 unspecified atom stereocenters. The molecule has 2 nitrogen and oxygen atoms in total. The lowest BCUT2D eigenvalue weighted by Crippen LogP contribution is -2.14. The highest BCUT2D eigenvalue weighted by Gasteiger charge is 2.36. The zero-order valence-electron chi connectivity index (χ0n) is 21.8. The standard InChI is InChI=1S/C33H25NO.C2H6/c1-33(2)27-13-5-3-10-26(27)31-28(33)14-8-15-29(31)34-22-19-17-21(18-20-22)23-11-7-12-25-24-9-4-6-16-30(24)35-32(23)25;1-2/h3-20,34H,1-2H3;1-2H3. The molecule has 0 aliphatic heterocycles. The van der Waals surface area contributed by atoms with Crippen LogP contribution < -0.4 is 5.32 Å². The van der Waals surface area contributed by atoms with Crippen LogP contribution in [-0.4, -0.2) is 0 Å². The smallest absolute Gasteiger partial charge is 0.143 e. The molecule has 0 bridgehead atoms. The Labute approximate surface area is 218 Å². The molecule has 1 aliphatic rings. The van der Waals surface area contributed by atoms with Crippen molar-refractivity contribution in [2.45, 2.75) is 33.1 Å². The van der Waals surface area contributed by atoms with Gasteiger partial charge in [-0.25, -0.2) is 0 Å². The average molecular weight is 482 g/mol. The van der Waals surface area contributed by atoms with Crippen molar-refractivity contribution in [1.82, 2.24) is 0 Å². The summed E-state index contributed by atoms with van der Waals surface area (Å²) in [6, 6.07) is 38.6. The van der Waals surface area contributed by atoms with Gasteiger partial charge in [-0.15, -0.1) is 0 Å². The lowest BCUT2D eigenvalue weighted by Gasteiger charge is -2.21. The van der Waals surface area contributed by atoms with E-state index in [1.807, 2.05) is 26.0 Å². The minimum Gasteiger partial charge on any atom is -0.455 e. The van der Waals surface area contributed by atoms with Crippen LogP contribution in [0.4, 0.5) is 11.4 Å². The molecule has 7 rings (SSSR count). The van der Waals surface area contributed by atoms with E-state index >= 15 is 0 Å². The quantitative estimate of drug-likeness (QED) is 0.272. The lowest BCUT2D eigenvalue weighted by atomic mass is 9.82. The van der Waals surface area contributed by atoms with E-state index in [0.717, 1.165) is 44.4 Å². The first-order valence-electron chi connectivity index (χ1n) is 13.1. The van der Waals surface area contributed by atoms with Gasteiger partial charge in [-0.1, -0.05) is 113 Å². The van der Waals surface area contributed by atoms with Crippen LogP contribution in [-0.2, 0) is 5.41 Å². The van der Waals surface area contributed by atoms with Crippen molar-refractivity contribution >= 4 is 33.3 Å². The third kappa shape index (κ3) is 3.64. The van der Waals surface area contributed by atoms with Crippen LogP contribution in [0.5, 0.6) is 0 Å². The summed E-state index contributed by atoms with van der Waals surface area (Å²) in [6.45, 7) is 8.63. The van der Waals surface area contributed by atoms with Crippen molar-refractivity contribution in [3.8, 4) is 22.3 Å². The summed E-state index contributed by atoms with van der Waals surface area (Å²) in [7, 11) is 0. The van der Waals surface area contributed by atoms with Gasteiger partial charge < -0.3 is 9.73 Å². The van der Waals surface area contributed by atoms with Crippen LogP contribution in [0, 0.1) is 0 Å². The first-order valence-corrected chi connectivity index (χ1v) is 13.1. The predicted molar refractivity (Wildman–Crippen MR) is 158 cm³/mol. The maximum Gasteiger partial charge on any atom is 0.143 e. The molecule has 0 saturated heterocycles. The summed E-state index contributed by atoms with van der Waals surface area (Å²) in [5.41, 5.74) is 11.7. The normalized spacial score (nSPS) is 13.1. The summed E-state index contributed by atoms with van der Waals surface area (Å²) in [5.74, 6) is 0. The van der Waals surface area contributed by atoms with E-state index in [2.05, 4.69) is 116 Å². The molecule has 5 aromatic carbocycles. The molecule has 1 aliphatic carbocycles. The highest BCUT2D eigenvalue weighted by atomic mass is 16.3. The van der Waals surface area contributed by atoms with E-state index in [1.165, 1.54) is 22.3 Å². The second-order valence-corrected chi connectivity index (χ2v) is 9.88. The van der Waals surface area contributed by atoms with Crippen LogP contribution >= 0.6 is 0 Å². The molecule has 0 atom stereocenters. The number of furan rings is 1. The van der Waals surface area contributed by atoms with Crippen molar-refractivity contribution in [1.29, 1.82) is 0 Å². The van der Waals surface area contributed by atoms with E-state index in [-0.39, 0.29) is 5.41 Å². The predicted octanol–water partition coefficient (Wildman–Crippen LogP) is 10.3. The van der Waals surface area contributed by atoms with Gasteiger partial charge in [0.25, 0.3) is 0 Å². The Kier molecular flexibility index (Phi) is 5.61. The molecule has 0 spiro atoms. The Hall–Kier alpha value is -4.30. The molecule has 6 aromatic rings. The van der Waals surface area contributed by atoms with Gasteiger partial charge in [0.1, 0.15) is 11.2 Å². The second-order valence-electron chi connectivity index (χ2n) is 9.88. The van der Waals surface area contributed by atoms with Gasteiger partial charge in [-0.05, 0) is 46.5 Å². The first kappa shape index (κ1) is 23.1. The number of hydrogen-bond acceptors (Lipinski definition) is 2. The summed E-state index contributed by atoms with van der Waals surface area (Å²) < 4.78 is 6.25. The zero-order chi connectivity index (χ0) is 25.6. The van der Waals surface area contributed by atoms with Crippen LogP contribution in [0.3, 0.4) is 0 Å². The third-order valence-corrected chi connectivity index (χ3v) is 7.49. The first-order chi connectivity index (χ1) is 18.1. The third-order valence-electron chi connectivity index (χ3n) is 7.49. The van der Waals surface area contributed by atoms with Crippen molar-refractivity contribution < 1.29 is 4.42 Å². The van der Waals surface area contributed by atoms with Crippen LogP contribution in [0.25, 0.3) is 44.2 Å². The Morgan fingerprint density at radius 2 is 1.24 bits per heavy atom. The number of nitrogens with one attached hydrogen (secondary N) is 1. The zero-order valence-corrected chi connectivity index (χ0v) is 21.8. The van der Waals surface area contributed by atoms with E-state index < -0.39 is 0 Å². The Morgan fingerprint density at radius 1 is 0.595 bits per heavy atom. The van der Waals surface area contributed by atoms with Gasteiger partial charge >= 0.3 is 0 Å². The highest BCUT2D eigenvalue weighted by Crippen LogP contribution is 2.51. The van der Waals surface area contributed by atoms with Gasteiger partial charge in [0.05, 0.1) is 0 Å². The summed E-state index contributed by atoms with van der Waals surface area (Å²) in [5, 5.41) is 6.01. The number of anilines is 2. The van der Waals surface area contributed by atoms with E-state index in [4.69, 9.17) is 4.42 Å². The molecule has 0 fully saturated rings. The van der Waals surface area contributed by atoms with Crippen LogP contribution in [0.15, 0.2) is 114 Å². The van der Waals surface area contributed by atoms with E-state index in [9.17, 15) is 0 Å². The van der Waals surface area contributed by atoms with Crippen LogP contribution in [0.1, 0.15) is 38.8 Å². The molecule has 0 amide bonds. The van der Waals surface area contributed by atoms with Gasteiger partial charge in [0, 0.05) is 38.7 Å². The minimum absolute atomic E-state index is 0.00125. The number of rotatable bonds is 3. The number of benzene rings is 5. The Balaban J connectivity index is 0.00000123. The molecule has 37 heavy (non-hydrogen) atoms. The topological polar surface area (TPSA) is 25.2 Å². The van der Waals surface area contributed by atoms with Crippen molar-refractivity contribution in [3.05, 3.63) is 120 Å². The van der Waals surface area contributed by atoms with E-state index in [0.29, 0.717) is 0 Å². The summed E-state index contributed by atoms with van der Waals surface area (Å²) in [4.78, 5) is 0. The molecule has 1 heterocycles. The van der Waals surface area contributed by atoms with Crippen LogP contribution in [0.2, 0.25) is 0 Å². The molecule has 2 heteroatoms. The summed E-state index contributed by atoms with van der Waals surface area (Å²) in [6.07, 6.45) is 0. The van der Waals surface area contributed by atoms with Gasteiger partial charge in [-0.2, -0.15) is 0 Å². The molecule has 0 saturated carbocycles. The van der Waals surface area contributed by atoms with Crippen molar-refractivity contribution in [2.24, 2.45) is 0 Å². The molecule has 1 N–H and O–H groups in total. The Morgan fingerprint density at radius 3 is 2.08 bits per heavy atom. The lowest BCUT2D eigenvalue weighted by molar-refractivity contribution is 0.660. The van der Waals surface area contributed by atoms with Gasteiger partial charge in [0.15, 0.2) is 0 Å². The molecular weight excluding hydrogens is 450 g/mol. The number of fused-ring (bicyclic) bond motifs is 6. The SMILES string of the molecule is CC.CC1(C)c2ccccc2-c2c(Nc3ccc(-c4cccc5c4oc4ccccc45)cc3)cccc21. The van der Waals surface area contributed by atoms with Crippen molar-refractivity contribution in [3.63, 3.8) is 0 Å². The average Bonchev–Trinajstić information content (AvgIpc) is 3.44. The fraction of sp³-hybridized carbons (Fsp3) is 0.143. The minimum atomic E-state index is -0.00125. The fourth-order valence-corrected chi connectivity index (χ4v) is 5.72. The highest BCUT2D eigenvalue weighted by molar-refractivity contribution is 6.09. The fourth-order valence-electron chi connectivity index (χ4n) is 5.72. The molecule has 0 radical (unpaired) electrons. The Bertz CT molecular complexity index is 1740. The number of hydrogen-bond donors (Lipinski definition) is 1. The molecular formula is C35H31NO. The van der Waals surface area contributed by atoms with Gasteiger partial charge in [-0.3, -0.25) is 0 Å². The molecule has 182 valence electrons. The van der Waals surface area contributed by atoms with Gasteiger partial charge in [0.2, 0.25) is 0 Å². The summed E-state index contributed by atoms with van der Waals surface area (Å²) >= 11 is 0. The van der Waals surface area contributed by atoms with Crippen molar-refractivity contribution in [2.75, 3.05) is 5.32 Å². The number of para-hydroxylation sites is 2. The molecule has 1 aromatic heterocycles.